The van der Waals surface area contributed by atoms with Gasteiger partial charge in [0.2, 0.25) is 0 Å². The number of nitrogens with one attached hydrogen (secondary N) is 1. The van der Waals surface area contributed by atoms with E-state index in [2.05, 4.69) is 4.98 Å². The van der Waals surface area contributed by atoms with Crippen molar-refractivity contribution in [1.82, 2.24) is 4.98 Å². The van der Waals surface area contributed by atoms with E-state index in [9.17, 15) is 17.6 Å². The number of Topliss-reactive ketones (excluding diaryl/α,β-unsaturated/α-hetero) is 1. The number of fused-ring (bicyclic) bond motifs is 1. The topological polar surface area (TPSA) is 67.0 Å². The minimum atomic E-state index is -3.48. The number of hydrogen-bond donors (Lipinski definition) is 1. The molecule has 24 heavy (non-hydrogen) atoms. The summed E-state index contributed by atoms with van der Waals surface area (Å²) < 4.78 is 36.2. The van der Waals surface area contributed by atoms with E-state index >= 15 is 0 Å². The van der Waals surface area contributed by atoms with Crippen LogP contribution in [0, 0.1) is 5.82 Å². The highest BCUT2D eigenvalue weighted by atomic mass is 35.5. The Balaban J connectivity index is 2.26. The minimum Gasteiger partial charge on any atom is -0.352 e. The van der Waals surface area contributed by atoms with E-state index in [4.69, 9.17) is 11.6 Å². The SMILES string of the molecule is CS(=O)(=O)CC(=O)c1[nH]c2ccc(Cl)cc2c1-c1ccc(F)cc1. The predicted molar refractivity (Wildman–Crippen MR) is 92.7 cm³/mol. The molecule has 0 aliphatic heterocycles. The molecule has 7 heteroatoms. The van der Waals surface area contributed by atoms with Gasteiger partial charge >= 0.3 is 0 Å². The fraction of sp³-hybridized carbons (Fsp3) is 0.118. The summed E-state index contributed by atoms with van der Waals surface area (Å²) in [6, 6.07) is 10.7. The third-order valence-corrected chi connectivity index (χ3v) is 4.59. The van der Waals surface area contributed by atoms with Crippen LogP contribution in [0.1, 0.15) is 10.5 Å². The first-order chi connectivity index (χ1) is 11.2. The number of sulfone groups is 1. The van der Waals surface area contributed by atoms with Gasteiger partial charge in [0.05, 0.1) is 5.69 Å². The lowest BCUT2D eigenvalue weighted by Crippen LogP contribution is -2.15. The van der Waals surface area contributed by atoms with Gasteiger partial charge in [0.25, 0.3) is 0 Å². The van der Waals surface area contributed by atoms with Crippen LogP contribution >= 0.6 is 11.6 Å². The predicted octanol–water partition coefficient (Wildman–Crippen LogP) is 3.85. The maximum absolute atomic E-state index is 13.2. The van der Waals surface area contributed by atoms with Gasteiger partial charge in [0, 0.05) is 27.7 Å². The van der Waals surface area contributed by atoms with Crippen molar-refractivity contribution in [2.75, 3.05) is 12.0 Å². The molecule has 1 aromatic heterocycles. The molecule has 0 amide bonds. The molecule has 124 valence electrons. The van der Waals surface area contributed by atoms with Crippen molar-refractivity contribution in [2.45, 2.75) is 0 Å². The molecular formula is C17H13ClFNO3S. The van der Waals surface area contributed by atoms with Crippen LogP contribution in [-0.2, 0) is 9.84 Å². The maximum atomic E-state index is 13.2. The number of ketones is 1. The number of H-pyrrole nitrogens is 1. The molecule has 0 atom stereocenters. The Labute approximate surface area is 143 Å². The van der Waals surface area contributed by atoms with Gasteiger partial charge in [-0.05, 0) is 35.9 Å². The zero-order valence-corrected chi connectivity index (χ0v) is 14.2. The second-order valence-corrected chi connectivity index (χ2v) is 8.14. The van der Waals surface area contributed by atoms with Gasteiger partial charge < -0.3 is 4.98 Å². The molecule has 0 saturated carbocycles. The Morgan fingerprint density at radius 3 is 2.46 bits per heavy atom. The van der Waals surface area contributed by atoms with Gasteiger partial charge in [-0.3, -0.25) is 4.79 Å². The number of halogens is 2. The zero-order chi connectivity index (χ0) is 17.5. The van der Waals surface area contributed by atoms with Crippen molar-refractivity contribution in [1.29, 1.82) is 0 Å². The fourth-order valence-corrected chi connectivity index (χ4v) is 3.39. The average Bonchev–Trinajstić information content (AvgIpc) is 2.85. The summed E-state index contributed by atoms with van der Waals surface area (Å²) >= 11 is 6.04. The van der Waals surface area contributed by atoms with Crippen LogP contribution in [-0.4, -0.2) is 31.2 Å². The largest absolute Gasteiger partial charge is 0.352 e. The second kappa shape index (κ2) is 6.03. The summed E-state index contributed by atoms with van der Waals surface area (Å²) in [5.74, 6) is -1.56. The van der Waals surface area contributed by atoms with Gasteiger partial charge in [0.1, 0.15) is 11.6 Å². The van der Waals surface area contributed by atoms with Crippen molar-refractivity contribution < 1.29 is 17.6 Å². The molecule has 0 aliphatic carbocycles. The summed E-state index contributed by atoms with van der Waals surface area (Å²) in [6.07, 6.45) is 1.00. The van der Waals surface area contributed by atoms with E-state index in [1.165, 1.54) is 24.3 Å². The van der Waals surface area contributed by atoms with E-state index < -0.39 is 27.2 Å². The fourth-order valence-electron chi connectivity index (χ4n) is 2.60. The summed E-state index contributed by atoms with van der Waals surface area (Å²) in [6.45, 7) is 0. The van der Waals surface area contributed by atoms with Gasteiger partial charge in [-0.1, -0.05) is 23.7 Å². The first-order valence-corrected chi connectivity index (χ1v) is 9.46. The number of hydrogen-bond acceptors (Lipinski definition) is 3. The number of rotatable bonds is 4. The molecule has 0 radical (unpaired) electrons. The molecule has 1 N–H and O–H groups in total. The quantitative estimate of drug-likeness (QED) is 0.714. The lowest BCUT2D eigenvalue weighted by atomic mass is 10.0. The molecule has 0 unspecified atom stereocenters. The Bertz CT molecular complexity index is 1040. The first kappa shape index (κ1) is 16.7. The van der Waals surface area contributed by atoms with Crippen molar-refractivity contribution >= 4 is 38.1 Å². The van der Waals surface area contributed by atoms with Gasteiger partial charge in [-0.15, -0.1) is 0 Å². The third-order valence-electron chi connectivity index (χ3n) is 3.57. The number of aromatic amines is 1. The minimum absolute atomic E-state index is 0.171. The van der Waals surface area contributed by atoms with Crippen LogP contribution in [0.5, 0.6) is 0 Å². The van der Waals surface area contributed by atoms with E-state index in [-0.39, 0.29) is 5.69 Å². The monoisotopic (exact) mass is 365 g/mol. The molecular weight excluding hydrogens is 353 g/mol. The molecule has 1 heterocycles. The van der Waals surface area contributed by atoms with Crippen LogP contribution in [0.2, 0.25) is 5.02 Å². The Morgan fingerprint density at radius 2 is 1.83 bits per heavy atom. The van der Waals surface area contributed by atoms with Crippen LogP contribution in [0.4, 0.5) is 4.39 Å². The van der Waals surface area contributed by atoms with Gasteiger partial charge in [-0.2, -0.15) is 0 Å². The first-order valence-electron chi connectivity index (χ1n) is 7.03. The van der Waals surface area contributed by atoms with Crippen LogP contribution in [0.3, 0.4) is 0 Å². The second-order valence-electron chi connectivity index (χ2n) is 5.57. The number of carbonyl (C=O) groups is 1. The lowest BCUT2D eigenvalue weighted by molar-refractivity contribution is 0.101. The molecule has 3 rings (SSSR count). The van der Waals surface area contributed by atoms with E-state index in [1.54, 1.807) is 18.2 Å². The Morgan fingerprint density at radius 1 is 1.17 bits per heavy atom. The maximum Gasteiger partial charge on any atom is 0.194 e. The highest BCUT2D eigenvalue weighted by molar-refractivity contribution is 7.91. The molecule has 4 nitrogen and oxygen atoms in total. The van der Waals surface area contributed by atoms with Gasteiger partial charge in [0.15, 0.2) is 15.6 Å². The van der Waals surface area contributed by atoms with E-state index in [0.29, 0.717) is 27.1 Å². The smallest absolute Gasteiger partial charge is 0.194 e. The summed E-state index contributed by atoms with van der Waals surface area (Å²) in [5, 5.41) is 1.15. The molecule has 3 aromatic rings. The number of aromatic nitrogens is 1. The third kappa shape index (κ3) is 3.34. The average molecular weight is 366 g/mol. The summed E-state index contributed by atoms with van der Waals surface area (Å²) in [5.41, 5.74) is 1.93. The highest BCUT2D eigenvalue weighted by Gasteiger charge is 2.22. The number of carbonyl (C=O) groups excluding carboxylic acids is 1. The summed E-state index contributed by atoms with van der Waals surface area (Å²) in [7, 11) is -3.48. The highest BCUT2D eigenvalue weighted by Crippen LogP contribution is 2.34. The lowest BCUT2D eigenvalue weighted by Gasteiger charge is -2.05. The van der Waals surface area contributed by atoms with E-state index in [0.717, 1.165) is 6.26 Å². The van der Waals surface area contributed by atoms with Crippen molar-refractivity contribution in [3.8, 4) is 11.1 Å². The Hall–Kier alpha value is -2.18. The molecule has 0 aliphatic rings. The molecule has 0 fully saturated rings. The molecule has 0 spiro atoms. The van der Waals surface area contributed by atoms with Crippen molar-refractivity contribution in [2.24, 2.45) is 0 Å². The van der Waals surface area contributed by atoms with Crippen LogP contribution in [0.15, 0.2) is 42.5 Å². The number of benzene rings is 2. The van der Waals surface area contributed by atoms with Gasteiger partial charge in [-0.25, -0.2) is 12.8 Å². The Kier molecular flexibility index (Phi) is 4.19. The standard InChI is InChI=1S/C17H13ClFNO3S/c1-24(22,23)9-15(21)17-16(10-2-5-12(19)6-3-10)13-8-11(18)4-7-14(13)20-17/h2-8,20H,9H2,1H3. The van der Waals surface area contributed by atoms with Crippen LogP contribution in [0.25, 0.3) is 22.0 Å². The zero-order valence-electron chi connectivity index (χ0n) is 12.6. The van der Waals surface area contributed by atoms with Crippen molar-refractivity contribution in [3.05, 3.63) is 59.0 Å². The molecule has 0 bridgehead atoms. The summed E-state index contributed by atoms with van der Waals surface area (Å²) in [4.78, 5) is 15.4. The van der Waals surface area contributed by atoms with Crippen LogP contribution < -0.4 is 0 Å². The van der Waals surface area contributed by atoms with E-state index in [1.807, 2.05) is 0 Å². The normalized spacial score (nSPS) is 11.8. The molecule has 2 aromatic carbocycles. The van der Waals surface area contributed by atoms with Crippen molar-refractivity contribution in [3.63, 3.8) is 0 Å². The molecule has 0 saturated heterocycles.